The molecule has 1 rings (SSSR count). The lowest BCUT2D eigenvalue weighted by Gasteiger charge is -2.23. The molecule has 0 fully saturated rings. The standard InChI is InChI=1S/C13H15BrO3/c1-8-7-10(14)5-6-11(8)12(16)13(3,4)17-9(2)15/h5-7H,1-4H3. The Labute approximate surface area is 109 Å². The molecule has 1 aromatic carbocycles. The molecule has 0 aliphatic rings. The zero-order valence-electron chi connectivity index (χ0n) is 10.3. The van der Waals surface area contributed by atoms with Crippen molar-refractivity contribution >= 4 is 27.7 Å². The Morgan fingerprint density at radius 2 is 1.88 bits per heavy atom. The SMILES string of the molecule is CC(=O)OC(C)(C)C(=O)c1ccc(Br)cc1C. The van der Waals surface area contributed by atoms with Crippen LogP contribution in [0.25, 0.3) is 0 Å². The number of Topliss-reactive ketones (excluding diaryl/α,β-unsaturated/α-hetero) is 1. The highest BCUT2D eigenvalue weighted by Crippen LogP contribution is 2.22. The van der Waals surface area contributed by atoms with Crippen LogP contribution in [0.3, 0.4) is 0 Å². The average molecular weight is 299 g/mol. The Balaban J connectivity index is 3.07. The number of hydrogen-bond donors (Lipinski definition) is 0. The number of carbonyl (C=O) groups excluding carboxylic acids is 2. The van der Waals surface area contributed by atoms with Crippen molar-refractivity contribution < 1.29 is 14.3 Å². The number of carbonyl (C=O) groups is 2. The second kappa shape index (κ2) is 5.00. The summed E-state index contributed by atoms with van der Waals surface area (Å²) in [5, 5.41) is 0. The Morgan fingerprint density at radius 3 is 2.35 bits per heavy atom. The van der Waals surface area contributed by atoms with Gasteiger partial charge in [0, 0.05) is 17.0 Å². The molecule has 0 aliphatic carbocycles. The van der Waals surface area contributed by atoms with Crippen LogP contribution in [0.1, 0.15) is 36.7 Å². The molecule has 0 unspecified atom stereocenters. The van der Waals surface area contributed by atoms with Crippen molar-refractivity contribution in [3.8, 4) is 0 Å². The molecule has 3 nitrogen and oxygen atoms in total. The highest BCUT2D eigenvalue weighted by Gasteiger charge is 2.32. The lowest BCUT2D eigenvalue weighted by atomic mass is 9.93. The number of esters is 1. The number of rotatable bonds is 3. The average Bonchev–Trinajstić information content (AvgIpc) is 2.14. The summed E-state index contributed by atoms with van der Waals surface area (Å²) in [6.45, 7) is 6.34. The van der Waals surface area contributed by atoms with Gasteiger partial charge in [0.05, 0.1) is 0 Å². The van der Waals surface area contributed by atoms with Crippen LogP contribution in [0.2, 0.25) is 0 Å². The molecule has 0 amide bonds. The first kappa shape index (κ1) is 13.9. The van der Waals surface area contributed by atoms with Gasteiger partial charge in [0.1, 0.15) is 0 Å². The highest BCUT2D eigenvalue weighted by atomic mass is 79.9. The minimum atomic E-state index is -1.13. The summed E-state index contributed by atoms with van der Waals surface area (Å²) < 4.78 is 5.95. The van der Waals surface area contributed by atoms with E-state index in [2.05, 4.69) is 15.9 Å². The maximum atomic E-state index is 12.2. The Hall–Kier alpha value is -1.16. The fourth-order valence-electron chi connectivity index (χ4n) is 1.61. The van der Waals surface area contributed by atoms with Gasteiger partial charge in [-0.1, -0.05) is 15.9 Å². The Kier molecular flexibility index (Phi) is 4.09. The largest absolute Gasteiger partial charge is 0.451 e. The second-order valence-electron chi connectivity index (χ2n) is 4.39. The van der Waals surface area contributed by atoms with Crippen molar-refractivity contribution in [2.24, 2.45) is 0 Å². The van der Waals surface area contributed by atoms with Crippen LogP contribution in [-0.4, -0.2) is 17.4 Å². The van der Waals surface area contributed by atoms with E-state index in [9.17, 15) is 9.59 Å². The zero-order chi connectivity index (χ0) is 13.2. The summed E-state index contributed by atoms with van der Waals surface area (Å²) in [4.78, 5) is 23.2. The van der Waals surface area contributed by atoms with E-state index in [1.165, 1.54) is 6.92 Å². The van der Waals surface area contributed by atoms with E-state index >= 15 is 0 Å². The fourth-order valence-corrected chi connectivity index (χ4v) is 2.09. The number of hydrogen-bond acceptors (Lipinski definition) is 3. The van der Waals surface area contributed by atoms with Gasteiger partial charge in [-0.05, 0) is 44.5 Å². The first-order valence-electron chi connectivity index (χ1n) is 5.24. The molecular weight excluding hydrogens is 284 g/mol. The van der Waals surface area contributed by atoms with Crippen molar-refractivity contribution in [3.05, 3.63) is 33.8 Å². The van der Waals surface area contributed by atoms with E-state index in [1.807, 2.05) is 13.0 Å². The van der Waals surface area contributed by atoms with Gasteiger partial charge < -0.3 is 4.74 Å². The Bertz CT molecular complexity index is 464. The molecule has 0 aliphatic heterocycles. The van der Waals surface area contributed by atoms with E-state index in [4.69, 9.17) is 4.74 Å². The molecule has 0 heterocycles. The summed E-state index contributed by atoms with van der Waals surface area (Å²) in [5.41, 5.74) is 0.286. The molecule has 4 heteroatoms. The van der Waals surface area contributed by atoms with Crippen LogP contribution < -0.4 is 0 Å². The highest BCUT2D eigenvalue weighted by molar-refractivity contribution is 9.10. The smallest absolute Gasteiger partial charge is 0.303 e. The topological polar surface area (TPSA) is 43.4 Å². The van der Waals surface area contributed by atoms with Crippen molar-refractivity contribution in [1.82, 2.24) is 0 Å². The molecule has 0 spiro atoms. The molecular formula is C13H15BrO3. The normalized spacial score (nSPS) is 11.1. The van der Waals surface area contributed by atoms with Crippen LogP contribution >= 0.6 is 15.9 Å². The van der Waals surface area contributed by atoms with Gasteiger partial charge in [-0.25, -0.2) is 0 Å². The minimum Gasteiger partial charge on any atom is -0.451 e. The minimum absolute atomic E-state index is 0.197. The van der Waals surface area contributed by atoms with E-state index in [1.54, 1.807) is 26.0 Å². The Morgan fingerprint density at radius 1 is 1.29 bits per heavy atom. The second-order valence-corrected chi connectivity index (χ2v) is 5.31. The third-order valence-corrected chi connectivity index (χ3v) is 2.87. The van der Waals surface area contributed by atoms with Crippen molar-refractivity contribution in [2.75, 3.05) is 0 Å². The summed E-state index contributed by atoms with van der Waals surface area (Å²) >= 11 is 3.34. The van der Waals surface area contributed by atoms with E-state index in [0.717, 1.165) is 10.0 Å². The van der Waals surface area contributed by atoms with Crippen molar-refractivity contribution in [3.63, 3.8) is 0 Å². The van der Waals surface area contributed by atoms with Crippen LogP contribution in [0.15, 0.2) is 22.7 Å². The van der Waals surface area contributed by atoms with E-state index < -0.39 is 11.6 Å². The third kappa shape index (κ3) is 3.40. The monoisotopic (exact) mass is 298 g/mol. The predicted molar refractivity (Wildman–Crippen MR) is 69.1 cm³/mol. The molecule has 0 radical (unpaired) electrons. The summed E-state index contributed by atoms with van der Waals surface area (Å²) in [6.07, 6.45) is 0. The van der Waals surface area contributed by atoms with Crippen LogP contribution in [0.4, 0.5) is 0 Å². The molecule has 0 saturated carbocycles. The molecule has 0 N–H and O–H groups in total. The lowest BCUT2D eigenvalue weighted by Crippen LogP contribution is -2.37. The van der Waals surface area contributed by atoms with E-state index in [-0.39, 0.29) is 5.78 Å². The number of aryl methyl sites for hydroxylation is 1. The molecule has 17 heavy (non-hydrogen) atoms. The van der Waals surface area contributed by atoms with Gasteiger partial charge in [-0.15, -0.1) is 0 Å². The number of ether oxygens (including phenoxy) is 1. The van der Waals surface area contributed by atoms with Crippen molar-refractivity contribution in [1.29, 1.82) is 0 Å². The number of benzene rings is 1. The van der Waals surface area contributed by atoms with Crippen molar-refractivity contribution in [2.45, 2.75) is 33.3 Å². The lowest BCUT2D eigenvalue weighted by molar-refractivity contribution is -0.149. The maximum Gasteiger partial charge on any atom is 0.303 e. The molecule has 0 bridgehead atoms. The van der Waals surface area contributed by atoms with E-state index in [0.29, 0.717) is 5.56 Å². The van der Waals surface area contributed by atoms with Gasteiger partial charge in [-0.3, -0.25) is 9.59 Å². The number of halogens is 1. The molecule has 92 valence electrons. The zero-order valence-corrected chi connectivity index (χ0v) is 11.9. The number of ketones is 1. The predicted octanol–water partition coefficient (Wildman–Crippen LogP) is 3.28. The molecule has 0 aromatic heterocycles. The van der Waals surface area contributed by atoms with Crippen LogP contribution in [0.5, 0.6) is 0 Å². The first-order chi connectivity index (χ1) is 7.74. The molecule has 0 saturated heterocycles. The van der Waals surface area contributed by atoms with Gasteiger partial charge in [-0.2, -0.15) is 0 Å². The quantitative estimate of drug-likeness (QED) is 0.635. The van der Waals surface area contributed by atoms with Gasteiger partial charge in [0.15, 0.2) is 5.60 Å². The van der Waals surface area contributed by atoms with Gasteiger partial charge in [0.2, 0.25) is 5.78 Å². The van der Waals surface area contributed by atoms with Gasteiger partial charge >= 0.3 is 5.97 Å². The summed E-state index contributed by atoms with van der Waals surface area (Å²) in [5.74, 6) is -0.657. The maximum absolute atomic E-state index is 12.2. The third-order valence-electron chi connectivity index (χ3n) is 2.38. The fraction of sp³-hybridized carbons (Fsp3) is 0.385. The summed E-state index contributed by atoms with van der Waals surface area (Å²) in [7, 11) is 0. The van der Waals surface area contributed by atoms with Gasteiger partial charge in [0.25, 0.3) is 0 Å². The summed E-state index contributed by atoms with van der Waals surface area (Å²) in [6, 6.07) is 5.38. The van der Waals surface area contributed by atoms with Crippen LogP contribution in [-0.2, 0) is 9.53 Å². The van der Waals surface area contributed by atoms with Crippen LogP contribution in [0, 0.1) is 6.92 Å². The molecule has 0 atom stereocenters. The molecule has 1 aromatic rings. The first-order valence-corrected chi connectivity index (χ1v) is 6.04.